The highest BCUT2D eigenvalue weighted by molar-refractivity contribution is 6.43. The van der Waals surface area contributed by atoms with E-state index in [0.717, 1.165) is 5.57 Å². The van der Waals surface area contributed by atoms with Crippen molar-refractivity contribution in [2.75, 3.05) is 5.88 Å². The van der Waals surface area contributed by atoms with E-state index in [1.807, 2.05) is 0 Å². The Balaban J connectivity index is 4.28. The number of ketones is 1. The van der Waals surface area contributed by atoms with Gasteiger partial charge in [-0.3, -0.25) is 4.79 Å². The quantitative estimate of drug-likeness (QED) is 0.455. The van der Waals surface area contributed by atoms with E-state index < -0.39 is 0 Å². The zero-order valence-corrected chi connectivity index (χ0v) is 6.88. The van der Waals surface area contributed by atoms with Crippen LogP contribution in [0.25, 0.3) is 0 Å². The molecule has 1 nitrogen and oxygen atoms in total. The first-order valence-corrected chi connectivity index (χ1v) is 3.43. The van der Waals surface area contributed by atoms with Crippen LogP contribution >= 0.6 is 23.2 Å². The standard InChI is InChI=1S/C6H8Cl2O/c1-4(3-7)6(8)5(2)9/h3H2,1-2H3. The second kappa shape index (κ2) is 3.91. The molecule has 0 unspecified atom stereocenters. The number of hydrogen-bond acceptors (Lipinski definition) is 1. The van der Waals surface area contributed by atoms with Gasteiger partial charge >= 0.3 is 0 Å². The molecule has 0 aromatic heterocycles. The molecule has 0 heterocycles. The summed E-state index contributed by atoms with van der Waals surface area (Å²) in [6.45, 7) is 3.15. The lowest BCUT2D eigenvalue weighted by Crippen LogP contribution is -1.93. The molecule has 0 aromatic carbocycles. The highest BCUT2D eigenvalue weighted by atomic mass is 35.5. The van der Waals surface area contributed by atoms with Crippen LogP contribution in [0.2, 0.25) is 0 Å². The lowest BCUT2D eigenvalue weighted by atomic mass is 10.3. The summed E-state index contributed by atoms with van der Waals surface area (Å²) in [6.07, 6.45) is 0. The molecule has 0 saturated heterocycles. The van der Waals surface area contributed by atoms with Gasteiger partial charge in [0.25, 0.3) is 0 Å². The predicted molar refractivity (Wildman–Crippen MR) is 40.0 cm³/mol. The van der Waals surface area contributed by atoms with Crippen molar-refractivity contribution in [2.45, 2.75) is 13.8 Å². The fourth-order valence-corrected chi connectivity index (χ4v) is 0.628. The van der Waals surface area contributed by atoms with E-state index in [0.29, 0.717) is 5.88 Å². The number of allylic oxidation sites excluding steroid dienone is 2. The number of alkyl halides is 1. The summed E-state index contributed by atoms with van der Waals surface area (Å²) in [6, 6.07) is 0. The fraction of sp³-hybridized carbons (Fsp3) is 0.500. The number of carbonyl (C=O) groups excluding carboxylic acids is 1. The smallest absolute Gasteiger partial charge is 0.171 e. The van der Waals surface area contributed by atoms with Crippen LogP contribution in [0, 0.1) is 0 Å². The maximum Gasteiger partial charge on any atom is 0.171 e. The van der Waals surface area contributed by atoms with E-state index in [1.54, 1.807) is 6.92 Å². The summed E-state index contributed by atoms with van der Waals surface area (Å²) in [5, 5.41) is 0.255. The lowest BCUT2D eigenvalue weighted by Gasteiger charge is -1.94. The van der Waals surface area contributed by atoms with Crippen molar-refractivity contribution in [1.29, 1.82) is 0 Å². The molecule has 0 radical (unpaired) electrons. The summed E-state index contributed by atoms with van der Waals surface area (Å²) in [7, 11) is 0. The monoisotopic (exact) mass is 166 g/mol. The lowest BCUT2D eigenvalue weighted by molar-refractivity contribution is -0.113. The zero-order valence-electron chi connectivity index (χ0n) is 5.37. The van der Waals surface area contributed by atoms with Crippen LogP contribution in [-0.4, -0.2) is 11.7 Å². The average Bonchev–Trinajstić information content (AvgIpc) is 1.84. The van der Waals surface area contributed by atoms with E-state index in [4.69, 9.17) is 23.2 Å². The van der Waals surface area contributed by atoms with Crippen LogP contribution < -0.4 is 0 Å². The van der Waals surface area contributed by atoms with Gasteiger partial charge in [0.2, 0.25) is 0 Å². The minimum absolute atomic E-state index is 0.130. The number of carbonyl (C=O) groups is 1. The van der Waals surface area contributed by atoms with Crippen LogP contribution in [0.3, 0.4) is 0 Å². The molecule has 0 saturated carbocycles. The fourth-order valence-electron chi connectivity index (χ4n) is 0.359. The molecule has 0 aromatic rings. The Morgan fingerprint density at radius 3 is 2.00 bits per heavy atom. The highest BCUT2D eigenvalue weighted by Crippen LogP contribution is 2.10. The SMILES string of the molecule is CC(=O)C(Cl)=C(C)CCl. The largest absolute Gasteiger partial charge is 0.294 e. The summed E-state index contributed by atoms with van der Waals surface area (Å²) in [5.41, 5.74) is 0.728. The summed E-state index contributed by atoms with van der Waals surface area (Å²) >= 11 is 10.9. The Bertz CT molecular complexity index is 149. The van der Waals surface area contributed by atoms with Gasteiger partial charge in [-0.25, -0.2) is 0 Å². The van der Waals surface area contributed by atoms with Crippen LogP contribution in [0.15, 0.2) is 10.6 Å². The molecule has 0 aliphatic heterocycles. The van der Waals surface area contributed by atoms with Gasteiger partial charge in [-0.15, -0.1) is 11.6 Å². The normalized spacial score (nSPS) is 12.9. The molecule has 0 amide bonds. The Kier molecular flexibility index (Phi) is 3.91. The topological polar surface area (TPSA) is 17.1 Å². The van der Waals surface area contributed by atoms with Gasteiger partial charge in [0.1, 0.15) is 0 Å². The molecule has 0 spiro atoms. The number of hydrogen-bond donors (Lipinski definition) is 0. The van der Waals surface area contributed by atoms with Crippen LogP contribution in [0.1, 0.15) is 13.8 Å². The minimum atomic E-state index is -0.130. The number of halogens is 2. The Hall–Kier alpha value is -0.0100. The molecule has 0 rings (SSSR count). The van der Waals surface area contributed by atoms with Crippen molar-refractivity contribution in [3.05, 3.63) is 10.6 Å². The molecular weight excluding hydrogens is 159 g/mol. The second-order valence-electron chi connectivity index (χ2n) is 1.78. The Labute approximate surface area is 64.6 Å². The van der Waals surface area contributed by atoms with Gasteiger partial charge in [-0.2, -0.15) is 0 Å². The van der Waals surface area contributed by atoms with Gasteiger partial charge in [-0.05, 0) is 12.5 Å². The summed E-state index contributed by atoms with van der Waals surface area (Å²) in [4.78, 5) is 10.5. The predicted octanol–water partition coefficient (Wildman–Crippen LogP) is 2.33. The minimum Gasteiger partial charge on any atom is -0.294 e. The van der Waals surface area contributed by atoms with Crippen molar-refractivity contribution >= 4 is 29.0 Å². The zero-order chi connectivity index (χ0) is 7.44. The van der Waals surface area contributed by atoms with Crippen LogP contribution in [0.5, 0.6) is 0 Å². The maximum atomic E-state index is 10.5. The molecule has 0 N–H and O–H groups in total. The van der Waals surface area contributed by atoms with Crippen LogP contribution in [0.4, 0.5) is 0 Å². The van der Waals surface area contributed by atoms with E-state index in [1.165, 1.54) is 6.92 Å². The van der Waals surface area contributed by atoms with Gasteiger partial charge in [0, 0.05) is 12.8 Å². The first kappa shape index (κ1) is 8.99. The summed E-state index contributed by atoms with van der Waals surface area (Å²) in [5.74, 6) is 0.188. The Morgan fingerprint density at radius 2 is 1.89 bits per heavy atom. The van der Waals surface area contributed by atoms with Gasteiger partial charge in [0.15, 0.2) is 5.78 Å². The molecule has 52 valence electrons. The molecular formula is C6H8Cl2O. The first-order valence-electron chi connectivity index (χ1n) is 2.51. The van der Waals surface area contributed by atoms with Crippen molar-refractivity contribution in [3.8, 4) is 0 Å². The summed E-state index contributed by atoms with van der Waals surface area (Å²) < 4.78 is 0. The third-order valence-electron chi connectivity index (χ3n) is 0.884. The van der Waals surface area contributed by atoms with E-state index >= 15 is 0 Å². The third kappa shape index (κ3) is 2.87. The van der Waals surface area contributed by atoms with Crippen molar-refractivity contribution in [2.24, 2.45) is 0 Å². The molecule has 9 heavy (non-hydrogen) atoms. The molecule has 3 heteroatoms. The third-order valence-corrected chi connectivity index (χ3v) is 1.87. The second-order valence-corrected chi connectivity index (χ2v) is 2.43. The van der Waals surface area contributed by atoms with E-state index in [2.05, 4.69) is 0 Å². The van der Waals surface area contributed by atoms with Gasteiger partial charge in [-0.1, -0.05) is 11.6 Å². The average molecular weight is 167 g/mol. The van der Waals surface area contributed by atoms with Gasteiger partial charge < -0.3 is 0 Å². The highest BCUT2D eigenvalue weighted by Gasteiger charge is 2.02. The molecule has 0 aliphatic rings. The molecule has 0 fully saturated rings. The van der Waals surface area contributed by atoms with E-state index in [9.17, 15) is 4.79 Å². The molecule has 0 atom stereocenters. The van der Waals surface area contributed by atoms with Crippen molar-refractivity contribution in [3.63, 3.8) is 0 Å². The maximum absolute atomic E-state index is 10.5. The molecule has 0 bridgehead atoms. The van der Waals surface area contributed by atoms with Gasteiger partial charge in [0.05, 0.1) is 5.03 Å². The number of rotatable bonds is 2. The van der Waals surface area contributed by atoms with Crippen molar-refractivity contribution in [1.82, 2.24) is 0 Å². The van der Waals surface area contributed by atoms with Crippen LogP contribution in [-0.2, 0) is 4.79 Å². The van der Waals surface area contributed by atoms with Crippen molar-refractivity contribution < 1.29 is 4.79 Å². The molecule has 0 aliphatic carbocycles. The van der Waals surface area contributed by atoms with E-state index in [-0.39, 0.29) is 10.8 Å². The first-order chi connectivity index (χ1) is 4.09. The number of Topliss-reactive ketones (excluding diaryl/α,β-unsaturated/α-hetero) is 1. The Morgan fingerprint density at radius 1 is 1.44 bits per heavy atom.